The third-order valence-electron chi connectivity index (χ3n) is 6.12. The lowest BCUT2D eigenvalue weighted by atomic mass is 9.98. The van der Waals surface area contributed by atoms with Gasteiger partial charge in [0.1, 0.15) is 17.8 Å². The molecular weight excluding hydrogens is 407 g/mol. The number of hydrogen-bond donors (Lipinski definition) is 0. The van der Waals surface area contributed by atoms with Crippen LogP contribution in [0.25, 0.3) is 27.7 Å². The first kappa shape index (κ1) is 18.7. The maximum Gasteiger partial charge on any atom is 0.271 e. The third-order valence-corrected chi connectivity index (χ3v) is 6.12. The van der Waals surface area contributed by atoms with Gasteiger partial charge in [-0.3, -0.25) is 13.9 Å². The molecule has 32 heavy (non-hydrogen) atoms. The Kier molecular flexibility index (Phi) is 3.92. The van der Waals surface area contributed by atoms with Crippen LogP contribution in [0.5, 0.6) is 0 Å². The molecular formula is C24H19FN6O. The molecule has 0 bridgehead atoms. The number of carbonyl (C=O) groups is 1. The Morgan fingerprint density at radius 1 is 1.12 bits per heavy atom. The molecule has 0 saturated carbocycles. The van der Waals surface area contributed by atoms with E-state index < -0.39 is 0 Å². The molecule has 3 aromatic heterocycles. The van der Waals surface area contributed by atoms with Crippen LogP contribution in [0.4, 0.5) is 4.39 Å². The molecule has 0 N–H and O–H groups in total. The summed E-state index contributed by atoms with van der Waals surface area (Å²) in [5, 5.41) is 13.4. The summed E-state index contributed by atoms with van der Waals surface area (Å²) in [5.74, 6) is -0.484. The van der Waals surface area contributed by atoms with Crippen molar-refractivity contribution in [1.82, 2.24) is 29.3 Å². The Labute approximate surface area is 182 Å². The molecule has 4 heterocycles. The second-order valence-electron chi connectivity index (χ2n) is 8.23. The van der Waals surface area contributed by atoms with Crippen molar-refractivity contribution in [2.45, 2.75) is 20.0 Å². The van der Waals surface area contributed by atoms with Crippen molar-refractivity contribution >= 4 is 22.5 Å². The number of halogens is 1. The zero-order valence-electron chi connectivity index (χ0n) is 17.6. The number of pyridine rings is 1. The maximum absolute atomic E-state index is 15.1. The number of aromatic nitrogens is 5. The fourth-order valence-corrected chi connectivity index (χ4v) is 4.52. The molecule has 1 amide bonds. The van der Waals surface area contributed by atoms with Gasteiger partial charge in [-0.05, 0) is 35.7 Å². The van der Waals surface area contributed by atoms with Gasteiger partial charge in [-0.1, -0.05) is 30.3 Å². The highest BCUT2D eigenvalue weighted by Gasteiger charge is 2.30. The highest BCUT2D eigenvalue weighted by molar-refractivity contribution is 5.97. The summed E-state index contributed by atoms with van der Waals surface area (Å²) in [7, 11) is 1.88. The molecule has 0 radical (unpaired) electrons. The summed E-state index contributed by atoms with van der Waals surface area (Å²) in [6, 6.07) is 12.9. The van der Waals surface area contributed by atoms with E-state index in [9.17, 15) is 4.79 Å². The van der Waals surface area contributed by atoms with Crippen LogP contribution >= 0.6 is 0 Å². The van der Waals surface area contributed by atoms with Crippen molar-refractivity contribution in [2.75, 3.05) is 0 Å². The quantitative estimate of drug-likeness (QED) is 0.439. The van der Waals surface area contributed by atoms with Crippen LogP contribution in [0.2, 0.25) is 0 Å². The van der Waals surface area contributed by atoms with Crippen molar-refractivity contribution in [3.63, 3.8) is 0 Å². The first-order valence-corrected chi connectivity index (χ1v) is 10.3. The number of fused-ring (bicyclic) bond motifs is 4. The van der Waals surface area contributed by atoms with Gasteiger partial charge in [0.05, 0.1) is 5.52 Å². The predicted molar refractivity (Wildman–Crippen MR) is 117 cm³/mol. The second-order valence-corrected chi connectivity index (χ2v) is 8.23. The van der Waals surface area contributed by atoms with Crippen LogP contribution in [0, 0.1) is 12.7 Å². The van der Waals surface area contributed by atoms with Crippen LogP contribution < -0.4 is 0 Å². The lowest BCUT2D eigenvalue weighted by Gasteiger charge is -2.16. The highest BCUT2D eigenvalue weighted by Crippen LogP contribution is 2.32. The average Bonchev–Trinajstić information content (AvgIpc) is 3.47. The molecule has 1 aliphatic heterocycles. The molecule has 0 fully saturated rings. The van der Waals surface area contributed by atoms with Crippen LogP contribution in [-0.4, -0.2) is 35.2 Å². The van der Waals surface area contributed by atoms with Gasteiger partial charge < -0.3 is 4.90 Å². The van der Waals surface area contributed by atoms with E-state index in [0.717, 1.165) is 33.2 Å². The zero-order chi connectivity index (χ0) is 22.0. The van der Waals surface area contributed by atoms with Gasteiger partial charge >= 0.3 is 0 Å². The third kappa shape index (κ3) is 2.72. The first-order valence-electron chi connectivity index (χ1n) is 10.3. The van der Waals surface area contributed by atoms with Crippen LogP contribution in [0.3, 0.4) is 0 Å². The van der Waals surface area contributed by atoms with E-state index in [1.54, 1.807) is 20.0 Å². The second kappa shape index (κ2) is 6.71. The van der Waals surface area contributed by atoms with Gasteiger partial charge in [0, 0.05) is 42.8 Å². The zero-order valence-corrected chi connectivity index (χ0v) is 17.6. The van der Waals surface area contributed by atoms with E-state index in [0.29, 0.717) is 23.4 Å². The van der Waals surface area contributed by atoms with Crippen molar-refractivity contribution in [1.29, 1.82) is 0 Å². The van der Waals surface area contributed by atoms with Crippen molar-refractivity contribution in [3.05, 3.63) is 83.2 Å². The summed E-state index contributed by atoms with van der Waals surface area (Å²) in [4.78, 5) is 14.7. The molecule has 0 saturated heterocycles. The predicted octanol–water partition coefficient (Wildman–Crippen LogP) is 3.89. The average molecular weight is 426 g/mol. The standard InChI is InChI=1S/C24H19FN6O/c1-14-3-7-18(19-12-29(2)28-22(14)19)15-4-5-16(20(25)9-15)10-30-11-17-6-8-21-27-26-13-31(21)23(17)24(30)32/h3-9,12-13H,10-11H2,1-2H3. The maximum atomic E-state index is 15.1. The lowest BCUT2D eigenvalue weighted by molar-refractivity contribution is 0.0760. The summed E-state index contributed by atoms with van der Waals surface area (Å²) >= 11 is 0. The van der Waals surface area contributed by atoms with Gasteiger partial charge in [0.15, 0.2) is 5.65 Å². The molecule has 6 rings (SSSR count). The molecule has 2 aromatic carbocycles. The fraction of sp³-hybridized carbons (Fsp3) is 0.167. The number of nitrogens with zero attached hydrogens (tertiary/aromatic N) is 6. The summed E-state index contributed by atoms with van der Waals surface area (Å²) in [5.41, 5.74) is 6.24. The van der Waals surface area contributed by atoms with Crippen LogP contribution in [0.15, 0.2) is 55.0 Å². The smallest absolute Gasteiger partial charge is 0.271 e. The number of benzene rings is 2. The molecule has 0 atom stereocenters. The highest BCUT2D eigenvalue weighted by atomic mass is 19.1. The van der Waals surface area contributed by atoms with Crippen molar-refractivity contribution < 1.29 is 9.18 Å². The molecule has 158 valence electrons. The molecule has 0 spiro atoms. The Morgan fingerprint density at radius 3 is 2.84 bits per heavy atom. The van der Waals surface area contributed by atoms with E-state index in [1.807, 2.05) is 50.5 Å². The van der Waals surface area contributed by atoms with E-state index in [1.165, 1.54) is 12.4 Å². The Hall–Kier alpha value is -4.07. The lowest BCUT2D eigenvalue weighted by Crippen LogP contribution is -2.24. The van der Waals surface area contributed by atoms with Gasteiger partial charge in [0.25, 0.3) is 5.91 Å². The van der Waals surface area contributed by atoms with Crippen LogP contribution in [0.1, 0.15) is 27.2 Å². The SMILES string of the molecule is Cc1ccc(-c2ccc(CN3Cc4ccc5nncn5c4C3=O)c(F)c2)c2cn(C)nc12. The Bertz CT molecular complexity index is 1550. The van der Waals surface area contributed by atoms with E-state index >= 15 is 4.39 Å². The van der Waals surface area contributed by atoms with E-state index in [4.69, 9.17) is 0 Å². The molecule has 1 aliphatic rings. The van der Waals surface area contributed by atoms with Crippen molar-refractivity contribution in [3.8, 4) is 11.1 Å². The summed E-state index contributed by atoms with van der Waals surface area (Å²) in [6.45, 7) is 2.64. The van der Waals surface area contributed by atoms with E-state index in [-0.39, 0.29) is 18.3 Å². The molecule has 5 aromatic rings. The van der Waals surface area contributed by atoms with Crippen LogP contribution in [-0.2, 0) is 20.1 Å². The molecule has 8 heteroatoms. The Balaban J connectivity index is 1.32. The minimum absolute atomic E-state index is 0.149. The van der Waals surface area contributed by atoms with Gasteiger partial charge in [-0.2, -0.15) is 5.10 Å². The number of amides is 1. The number of rotatable bonds is 3. The van der Waals surface area contributed by atoms with E-state index in [2.05, 4.69) is 15.3 Å². The summed E-state index contributed by atoms with van der Waals surface area (Å²) < 4.78 is 18.6. The number of aryl methyl sites for hydroxylation is 2. The largest absolute Gasteiger partial charge is 0.329 e. The molecule has 0 aliphatic carbocycles. The van der Waals surface area contributed by atoms with Gasteiger partial charge in [0.2, 0.25) is 0 Å². The Morgan fingerprint density at radius 2 is 2.00 bits per heavy atom. The normalized spacial score (nSPS) is 13.5. The number of hydrogen-bond acceptors (Lipinski definition) is 4. The minimum Gasteiger partial charge on any atom is -0.329 e. The topological polar surface area (TPSA) is 68.3 Å². The van der Waals surface area contributed by atoms with Gasteiger partial charge in [-0.15, -0.1) is 10.2 Å². The first-order chi connectivity index (χ1) is 15.5. The van der Waals surface area contributed by atoms with Crippen molar-refractivity contribution in [2.24, 2.45) is 7.05 Å². The fourth-order valence-electron chi connectivity index (χ4n) is 4.52. The minimum atomic E-state index is -0.335. The number of carbonyl (C=O) groups excluding carboxylic acids is 1. The summed E-state index contributed by atoms with van der Waals surface area (Å²) in [6.07, 6.45) is 3.49. The van der Waals surface area contributed by atoms with Gasteiger partial charge in [-0.25, -0.2) is 4.39 Å². The molecule has 7 nitrogen and oxygen atoms in total. The monoisotopic (exact) mass is 426 g/mol. The molecule has 0 unspecified atom stereocenters.